The molecule has 1 N–H and O–H groups in total. The highest BCUT2D eigenvalue weighted by Gasteiger charge is 2.12. The highest BCUT2D eigenvalue weighted by molar-refractivity contribution is 7.10. The van der Waals surface area contributed by atoms with Crippen LogP contribution < -0.4 is 0 Å². The van der Waals surface area contributed by atoms with E-state index in [1.165, 1.54) is 16.0 Å². The predicted octanol–water partition coefficient (Wildman–Crippen LogP) is 2.70. The molecule has 0 unspecified atom stereocenters. The van der Waals surface area contributed by atoms with Gasteiger partial charge in [-0.05, 0) is 24.8 Å². The number of thiophene rings is 1. The lowest BCUT2D eigenvalue weighted by Gasteiger charge is -1.96. The number of nitrogens with zero attached hydrogens (tertiary/aromatic N) is 3. The molecular weight excluding hydrogens is 220 g/mol. The molecule has 5 heteroatoms. The lowest BCUT2D eigenvalue weighted by molar-refractivity contribution is 1.05. The Labute approximate surface area is 96.4 Å². The number of aryl methyl sites for hydroxylation is 2. The molecule has 0 saturated heterocycles. The van der Waals surface area contributed by atoms with Crippen molar-refractivity contribution in [3.05, 3.63) is 28.2 Å². The summed E-state index contributed by atoms with van der Waals surface area (Å²) < 4.78 is 0. The molecule has 3 rings (SSSR count). The first-order valence-electron chi connectivity index (χ1n) is 4.97. The van der Waals surface area contributed by atoms with E-state index in [4.69, 9.17) is 0 Å². The van der Waals surface area contributed by atoms with Gasteiger partial charge in [-0.25, -0.2) is 4.98 Å². The normalized spacial score (nSPS) is 11.1. The van der Waals surface area contributed by atoms with Crippen molar-refractivity contribution in [2.24, 2.45) is 0 Å². The molecule has 3 aromatic heterocycles. The zero-order chi connectivity index (χ0) is 11.1. The first kappa shape index (κ1) is 9.47. The molecule has 0 fully saturated rings. The molecule has 0 aromatic carbocycles. The molecule has 0 saturated carbocycles. The molecule has 0 bridgehead atoms. The van der Waals surface area contributed by atoms with Gasteiger partial charge in [-0.15, -0.1) is 11.3 Å². The Balaban J connectivity index is 2.27. The van der Waals surface area contributed by atoms with Gasteiger partial charge in [-0.2, -0.15) is 10.2 Å². The number of rotatable bonds is 1. The molecule has 80 valence electrons. The lowest BCUT2D eigenvalue weighted by Crippen LogP contribution is -1.82. The zero-order valence-corrected chi connectivity index (χ0v) is 9.80. The standard InChI is InChI=1S/C11H10N4S/c1-6-5-16-7(2)10(6)11-14-8-3-12-13-4-9(8)15-11/h3-5H,1-2H3,(H,14,15). The summed E-state index contributed by atoms with van der Waals surface area (Å²) in [6, 6.07) is 0. The van der Waals surface area contributed by atoms with Gasteiger partial charge in [0, 0.05) is 10.4 Å². The van der Waals surface area contributed by atoms with Crippen molar-refractivity contribution in [2.45, 2.75) is 13.8 Å². The average molecular weight is 230 g/mol. The number of H-pyrrole nitrogens is 1. The number of hydrogen-bond donors (Lipinski definition) is 1. The maximum Gasteiger partial charge on any atom is 0.139 e. The Bertz CT molecular complexity index is 600. The van der Waals surface area contributed by atoms with Crippen molar-refractivity contribution in [3.63, 3.8) is 0 Å². The molecule has 16 heavy (non-hydrogen) atoms. The minimum absolute atomic E-state index is 0.856. The lowest BCUT2D eigenvalue weighted by atomic mass is 10.1. The summed E-state index contributed by atoms with van der Waals surface area (Å²) in [6.45, 7) is 4.21. The van der Waals surface area contributed by atoms with E-state index in [1.54, 1.807) is 23.7 Å². The number of fused-ring (bicyclic) bond motifs is 1. The molecule has 0 amide bonds. The number of aromatic nitrogens is 4. The van der Waals surface area contributed by atoms with Gasteiger partial charge in [0.25, 0.3) is 0 Å². The monoisotopic (exact) mass is 230 g/mol. The summed E-state index contributed by atoms with van der Waals surface area (Å²) in [5.41, 5.74) is 4.23. The van der Waals surface area contributed by atoms with Gasteiger partial charge in [-0.1, -0.05) is 0 Å². The Morgan fingerprint density at radius 3 is 2.69 bits per heavy atom. The third-order valence-electron chi connectivity index (χ3n) is 2.59. The van der Waals surface area contributed by atoms with E-state index < -0.39 is 0 Å². The maximum absolute atomic E-state index is 4.53. The van der Waals surface area contributed by atoms with Gasteiger partial charge >= 0.3 is 0 Å². The molecule has 0 aliphatic carbocycles. The molecule has 3 heterocycles. The van der Waals surface area contributed by atoms with Crippen LogP contribution in [-0.4, -0.2) is 20.2 Å². The fourth-order valence-corrected chi connectivity index (χ4v) is 2.67. The summed E-state index contributed by atoms with van der Waals surface area (Å²) in [5.74, 6) is 0.904. The maximum atomic E-state index is 4.53. The Morgan fingerprint density at radius 1 is 1.19 bits per heavy atom. The number of hydrogen-bond acceptors (Lipinski definition) is 4. The van der Waals surface area contributed by atoms with E-state index in [9.17, 15) is 0 Å². The van der Waals surface area contributed by atoms with Crippen molar-refractivity contribution >= 4 is 22.4 Å². The second kappa shape index (κ2) is 3.38. The summed E-state index contributed by atoms with van der Waals surface area (Å²) in [4.78, 5) is 9.07. The largest absolute Gasteiger partial charge is 0.337 e. The van der Waals surface area contributed by atoms with Crippen molar-refractivity contribution < 1.29 is 0 Å². The van der Waals surface area contributed by atoms with E-state index in [1.807, 2.05) is 0 Å². The molecule has 0 aliphatic rings. The quantitative estimate of drug-likeness (QED) is 0.699. The van der Waals surface area contributed by atoms with E-state index in [0.717, 1.165) is 16.9 Å². The Morgan fingerprint density at radius 2 is 2.00 bits per heavy atom. The molecule has 0 radical (unpaired) electrons. The van der Waals surface area contributed by atoms with Gasteiger partial charge in [0.15, 0.2) is 0 Å². The molecule has 3 aromatic rings. The Kier molecular flexibility index (Phi) is 2.00. The van der Waals surface area contributed by atoms with Gasteiger partial charge in [0.1, 0.15) is 11.3 Å². The smallest absolute Gasteiger partial charge is 0.139 e. The van der Waals surface area contributed by atoms with Crippen LogP contribution in [0.4, 0.5) is 0 Å². The fourth-order valence-electron chi connectivity index (χ4n) is 1.82. The van der Waals surface area contributed by atoms with E-state index in [0.29, 0.717) is 0 Å². The van der Waals surface area contributed by atoms with Crippen LogP contribution in [0.1, 0.15) is 10.4 Å². The first-order chi connectivity index (χ1) is 7.75. The highest BCUT2D eigenvalue weighted by Crippen LogP contribution is 2.30. The van der Waals surface area contributed by atoms with Crippen LogP contribution in [0.25, 0.3) is 22.4 Å². The van der Waals surface area contributed by atoms with Crippen molar-refractivity contribution in [1.29, 1.82) is 0 Å². The van der Waals surface area contributed by atoms with Crippen LogP contribution in [0.3, 0.4) is 0 Å². The number of nitrogens with one attached hydrogen (secondary N) is 1. The SMILES string of the molecule is Cc1csc(C)c1-c1nc2cnncc2[nH]1. The first-order valence-corrected chi connectivity index (χ1v) is 5.85. The fraction of sp³-hybridized carbons (Fsp3) is 0.182. The highest BCUT2D eigenvalue weighted by atomic mass is 32.1. The van der Waals surface area contributed by atoms with Crippen molar-refractivity contribution in [1.82, 2.24) is 20.2 Å². The second-order valence-corrected chi connectivity index (χ2v) is 4.81. The Hall–Kier alpha value is -1.75. The third-order valence-corrected chi connectivity index (χ3v) is 3.62. The van der Waals surface area contributed by atoms with Crippen molar-refractivity contribution in [3.8, 4) is 11.4 Å². The van der Waals surface area contributed by atoms with Gasteiger partial charge in [0.2, 0.25) is 0 Å². The molecular formula is C11H10N4S. The zero-order valence-electron chi connectivity index (χ0n) is 8.98. The van der Waals surface area contributed by atoms with Crippen molar-refractivity contribution in [2.75, 3.05) is 0 Å². The second-order valence-electron chi connectivity index (χ2n) is 3.72. The molecule has 0 aliphatic heterocycles. The summed E-state index contributed by atoms with van der Waals surface area (Å²) in [7, 11) is 0. The van der Waals surface area contributed by atoms with Crippen LogP contribution in [-0.2, 0) is 0 Å². The van der Waals surface area contributed by atoms with Crippen LogP contribution in [0.5, 0.6) is 0 Å². The van der Waals surface area contributed by atoms with Crippen LogP contribution in [0, 0.1) is 13.8 Å². The topological polar surface area (TPSA) is 54.5 Å². The molecule has 0 atom stereocenters. The molecule has 4 nitrogen and oxygen atoms in total. The van der Waals surface area contributed by atoms with Crippen LogP contribution in [0.15, 0.2) is 17.8 Å². The minimum atomic E-state index is 0.856. The van der Waals surface area contributed by atoms with Gasteiger partial charge < -0.3 is 4.98 Å². The number of aromatic amines is 1. The van der Waals surface area contributed by atoms with Gasteiger partial charge in [-0.3, -0.25) is 0 Å². The molecule has 0 spiro atoms. The average Bonchev–Trinajstić information content (AvgIpc) is 2.82. The number of imidazole rings is 1. The third kappa shape index (κ3) is 1.32. The van der Waals surface area contributed by atoms with E-state index in [2.05, 4.69) is 39.4 Å². The summed E-state index contributed by atoms with van der Waals surface area (Å²) >= 11 is 1.74. The minimum Gasteiger partial charge on any atom is -0.337 e. The van der Waals surface area contributed by atoms with E-state index >= 15 is 0 Å². The van der Waals surface area contributed by atoms with Gasteiger partial charge in [0.05, 0.1) is 17.9 Å². The summed E-state index contributed by atoms with van der Waals surface area (Å²) in [6.07, 6.45) is 3.37. The predicted molar refractivity (Wildman–Crippen MR) is 64.5 cm³/mol. The van der Waals surface area contributed by atoms with Crippen LogP contribution in [0.2, 0.25) is 0 Å². The van der Waals surface area contributed by atoms with E-state index in [-0.39, 0.29) is 0 Å². The van der Waals surface area contributed by atoms with Crippen LogP contribution >= 0.6 is 11.3 Å². The summed E-state index contributed by atoms with van der Waals surface area (Å²) in [5, 5.41) is 9.80.